The molecular formula is C10H13N3OS. The van der Waals surface area contributed by atoms with E-state index in [0.29, 0.717) is 5.56 Å². The van der Waals surface area contributed by atoms with Crippen molar-refractivity contribution in [3.63, 3.8) is 0 Å². The highest BCUT2D eigenvalue weighted by Crippen LogP contribution is 2.16. The van der Waals surface area contributed by atoms with Crippen molar-refractivity contribution in [1.82, 2.24) is 4.98 Å². The fraction of sp³-hybridized carbons (Fsp3) is 0.400. The normalized spacial score (nSPS) is 16.4. The number of rotatable bonds is 2. The van der Waals surface area contributed by atoms with E-state index in [9.17, 15) is 4.79 Å². The van der Waals surface area contributed by atoms with Crippen LogP contribution in [0.15, 0.2) is 18.3 Å². The van der Waals surface area contributed by atoms with E-state index < -0.39 is 5.91 Å². The highest BCUT2D eigenvalue weighted by atomic mass is 32.2. The number of hydrogen-bond acceptors (Lipinski definition) is 4. The molecule has 4 nitrogen and oxygen atoms in total. The second-order valence-electron chi connectivity index (χ2n) is 3.37. The number of pyridine rings is 1. The molecule has 0 spiro atoms. The van der Waals surface area contributed by atoms with E-state index in [4.69, 9.17) is 5.73 Å². The zero-order valence-corrected chi connectivity index (χ0v) is 9.17. The maximum atomic E-state index is 10.9. The van der Waals surface area contributed by atoms with Gasteiger partial charge in [0.05, 0.1) is 5.56 Å². The molecule has 2 N–H and O–H groups in total. The van der Waals surface area contributed by atoms with Crippen LogP contribution in [0.1, 0.15) is 10.4 Å². The molecule has 0 aliphatic carbocycles. The van der Waals surface area contributed by atoms with Crippen LogP contribution in [0.25, 0.3) is 0 Å². The summed E-state index contributed by atoms with van der Waals surface area (Å²) in [5.74, 6) is 2.78. The van der Waals surface area contributed by atoms with Crippen molar-refractivity contribution in [3.8, 4) is 0 Å². The predicted octanol–water partition coefficient (Wildman–Crippen LogP) is 0.734. The van der Waals surface area contributed by atoms with Crippen LogP contribution in [-0.4, -0.2) is 35.5 Å². The van der Waals surface area contributed by atoms with Crippen LogP contribution >= 0.6 is 11.8 Å². The van der Waals surface area contributed by atoms with Gasteiger partial charge in [-0.1, -0.05) is 0 Å². The summed E-state index contributed by atoms with van der Waals surface area (Å²) in [6.07, 6.45) is 1.54. The van der Waals surface area contributed by atoms with Crippen molar-refractivity contribution in [1.29, 1.82) is 0 Å². The second kappa shape index (κ2) is 4.53. The van der Waals surface area contributed by atoms with E-state index in [0.717, 1.165) is 30.4 Å². The molecule has 15 heavy (non-hydrogen) atoms. The van der Waals surface area contributed by atoms with Gasteiger partial charge in [-0.15, -0.1) is 0 Å². The molecule has 1 aromatic heterocycles. The van der Waals surface area contributed by atoms with Gasteiger partial charge in [-0.25, -0.2) is 4.98 Å². The molecule has 5 heteroatoms. The van der Waals surface area contributed by atoms with E-state index in [1.165, 1.54) is 0 Å². The minimum atomic E-state index is -0.428. The van der Waals surface area contributed by atoms with Gasteiger partial charge in [0.1, 0.15) is 5.82 Å². The minimum Gasteiger partial charge on any atom is -0.366 e. The molecule has 0 bridgehead atoms. The smallest absolute Gasteiger partial charge is 0.250 e. The Hall–Kier alpha value is -1.23. The van der Waals surface area contributed by atoms with E-state index in [1.54, 1.807) is 12.3 Å². The Labute approximate surface area is 92.9 Å². The molecule has 0 unspecified atom stereocenters. The van der Waals surface area contributed by atoms with Gasteiger partial charge in [0, 0.05) is 30.8 Å². The van der Waals surface area contributed by atoms with Gasteiger partial charge >= 0.3 is 0 Å². The lowest BCUT2D eigenvalue weighted by atomic mass is 10.2. The zero-order chi connectivity index (χ0) is 10.7. The van der Waals surface area contributed by atoms with Crippen LogP contribution in [0.4, 0.5) is 5.82 Å². The molecule has 0 aromatic carbocycles. The van der Waals surface area contributed by atoms with E-state index >= 15 is 0 Å². The highest BCUT2D eigenvalue weighted by molar-refractivity contribution is 7.99. The fourth-order valence-corrected chi connectivity index (χ4v) is 2.41. The maximum Gasteiger partial charge on any atom is 0.250 e. The van der Waals surface area contributed by atoms with Crippen LogP contribution in [0.2, 0.25) is 0 Å². The summed E-state index contributed by atoms with van der Waals surface area (Å²) in [7, 11) is 0. The first kappa shape index (κ1) is 10.3. The first-order valence-electron chi connectivity index (χ1n) is 4.86. The number of thioether (sulfide) groups is 1. The third kappa shape index (κ3) is 2.41. The third-order valence-electron chi connectivity index (χ3n) is 2.37. The Bertz CT molecular complexity index is 346. The summed E-state index contributed by atoms with van der Waals surface area (Å²) in [5, 5.41) is 0. The van der Waals surface area contributed by atoms with E-state index in [2.05, 4.69) is 9.88 Å². The average Bonchev–Trinajstić information content (AvgIpc) is 2.30. The van der Waals surface area contributed by atoms with Crippen LogP contribution < -0.4 is 10.6 Å². The summed E-state index contributed by atoms with van der Waals surface area (Å²) >= 11 is 1.96. The van der Waals surface area contributed by atoms with Crippen LogP contribution in [0, 0.1) is 0 Å². The topological polar surface area (TPSA) is 59.2 Å². The fourth-order valence-electron chi connectivity index (χ4n) is 1.51. The Kier molecular flexibility index (Phi) is 3.11. The SMILES string of the molecule is NC(=O)c1ccc(N2CCSCC2)nc1. The summed E-state index contributed by atoms with van der Waals surface area (Å²) in [6, 6.07) is 3.59. The zero-order valence-electron chi connectivity index (χ0n) is 8.35. The number of carbonyl (C=O) groups excluding carboxylic acids is 1. The first-order chi connectivity index (χ1) is 7.27. The lowest BCUT2D eigenvalue weighted by Gasteiger charge is -2.27. The van der Waals surface area contributed by atoms with Gasteiger partial charge in [-0.2, -0.15) is 11.8 Å². The molecular weight excluding hydrogens is 210 g/mol. The molecule has 0 saturated carbocycles. The Balaban J connectivity index is 2.11. The molecule has 2 rings (SSSR count). The van der Waals surface area contributed by atoms with Crippen molar-refractivity contribution < 1.29 is 4.79 Å². The van der Waals surface area contributed by atoms with Crippen LogP contribution in [0.3, 0.4) is 0 Å². The molecule has 0 radical (unpaired) electrons. The third-order valence-corrected chi connectivity index (χ3v) is 3.31. The summed E-state index contributed by atoms with van der Waals surface area (Å²) < 4.78 is 0. The molecule has 1 amide bonds. The van der Waals surface area contributed by atoms with Crippen molar-refractivity contribution in [3.05, 3.63) is 23.9 Å². The van der Waals surface area contributed by atoms with Gasteiger partial charge in [0.15, 0.2) is 0 Å². The Morgan fingerprint density at radius 2 is 2.13 bits per heavy atom. The summed E-state index contributed by atoms with van der Waals surface area (Å²) in [4.78, 5) is 17.3. The maximum absolute atomic E-state index is 10.9. The Morgan fingerprint density at radius 1 is 1.40 bits per heavy atom. The van der Waals surface area contributed by atoms with E-state index in [-0.39, 0.29) is 0 Å². The number of nitrogens with two attached hydrogens (primary N) is 1. The summed E-state index contributed by atoms with van der Waals surface area (Å²) in [6.45, 7) is 2.04. The summed E-state index contributed by atoms with van der Waals surface area (Å²) in [5.41, 5.74) is 5.61. The monoisotopic (exact) mass is 223 g/mol. The molecule has 1 aliphatic rings. The largest absolute Gasteiger partial charge is 0.366 e. The average molecular weight is 223 g/mol. The van der Waals surface area contributed by atoms with Crippen molar-refractivity contribution >= 4 is 23.5 Å². The number of primary amides is 1. The lowest BCUT2D eigenvalue weighted by molar-refractivity contribution is 0.1000. The van der Waals surface area contributed by atoms with Crippen molar-refractivity contribution in [2.45, 2.75) is 0 Å². The van der Waals surface area contributed by atoms with E-state index in [1.807, 2.05) is 17.8 Å². The molecule has 1 fully saturated rings. The predicted molar refractivity (Wildman–Crippen MR) is 62.3 cm³/mol. The van der Waals surface area contributed by atoms with Gasteiger partial charge in [0.25, 0.3) is 0 Å². The number of carbonyl (C=O) groups is 1. The molecule has 1 saturated heterocycles. The number of aromatic nitrogens is 1. The minimum absolute atomic E-state index is 0.428. The number of nitrogens with zero attached hydrogens (tertiary/aromatic N) is 2. The molecule has 1 aliphatic heterocycles. The number of amides is 1. The van der Waals surface area contributed by atoms with Gasteiger partial charge in [0.2, 0.25) is 5.91 Å². The molecule has 1 aromatic rings. The van der Waals surface area contributed by atoms with Crippen LogP contribution in [0.5, 0.6) is 0 Å². The second-order valence-corrected chi connectivity index (χ2v) is 4.59. The molecule has 2 heterocycles. The first-order valence-corrected chi connectivity index (χ1v) is 6.01. The lowest BCUT2D eigenvalue weighted by Crippen LogP contribution is -2.33. The van der Waals surface area contributed by atoms with Crippen LogP contribution in [-0.2, 0) is 0 Å². The van der Waals surface area contributed by atoms with Gasteiger partial charge < -0.3 is 10.6 Å². The van der Waals surface area contributed by atoms with Crippen molar-refractivity contribution in [2.75, 3.05) is 29.5 Å². The molecule has 0 atom stereocenters. The standard InChI is InChI=1S/C10H13N3OS/c11-10(14)8-1-2-9(12-7-8)13-3-5-15-6-4-13/h1-2,7H,3-6H2,(H2,11,14). The van der Waals surface area contributed by atoms with Crippen molar-refractivity contribution in [2.24, 2.45) is 5.73 Å². The number of anilines is 1. The van der Waals surface area contributed by atoms with Gasteiger partial charge in [-0.3, -0.25) is 4.79 Å². The number of hydrogen-bond donors (Lipinski definition) is 1. The highest BCUT2D eigenvalue weighted by Gasteiger charge is 2.12. The quantitative estimate of drug-likeness (QED) is 0.803. The van der Waals surface area contributed by atoms with Gasteiger partial charge in [-0.05, 0) is 12.1 Å². The molecule has 80 valence electrons. The Morgan fingerprint density at radius 3 is 2.67 bits per heavy atom.